The fourth-order valence-electron chi connectivity index (χ4n) is 3.51. The predicted octanol–water partition coefficient (Wildman–Crippen LogP) is 5.85. The van der Waals surface area contributed by atoms with Crippen molar-refractivity contribution in [3.63, 3.8) is 0 Å². The van der Waals surface area contributed by atoms with Crippen molar-refractivity contribution in [2.24, 2.45) is 0 Å². The Hall–Kier alpha value is -4.28. The van der Waals surface area contributed by atoms with E-state index in [9.17, 15) is 26.3 Å². The number of rotatable bonds is 3. The molecule has 0 atom stereocenters. The molecule has 0 aliphatic rings. The lowest BCUT2D eigenvalue weighted by Gasteiger charge is -2.14. The average Bonchev–Trinajstić information content (AvgIpc) is 3.24. The van der Waals surface area contributed by atoms with Gasteiger partial charge < -0.3 is 0 Å². The van der Waals surface area contributed by atoms with E-state index in [-0.39, 0.29) is 27.9 Å². The first kappa shape index (κ1) is 20.6. The highest BCUT2D eigenvalue weighted by atomic mass is 19.2. The maximum Gasteiger partial charge on any atom is 0.162 e. The lowest BCUT2D eigenvalue weighted by Crippen LogP contribution is -2.02. The molecule has 11 heteroatoms. The third-order valence-corrected chi connectivity index (χ3v) is 4.85. The molecule has 0 N–H and O–H groups in total. The first-order valence-corrected chi connectivity index (χ1v) is 9.21. The minimum Gasteiger partial charge on any atom is -0.264 e. The fraction of sp³-hybridized carbons (Fsp3) is 0. The largest absolute Gasteiger partial charge is 0.264 e. The highest BCUT2D eigenvalue weighted by Gasteiger charge is 2.29. The van der Waals surface area contributed by atoms with Gasteiger partial charge in [-0.25, -0.2) is 36.0 Å². The van der Waals surface area contributed by atoms with Crippen LogP contribution in [0.3, 0.4) is 0 Å². The Bertz CT molecular complexity index is 1490. The molecular weight excluding hydrogens is 450 g/mol. The summed E-state index contributed by atoms with van der Waals surface area (Å²) in [6.45, 7) is 0. The molecule has 0 aliphatic heterocycles. The maximum atomic E-state index is 14.8. The van der Waals surface area contributed by atoms with Gasteiger partial charge >= 0.3 is 0 Å². The van der Waals surface area contributed by atoms with Crippen LogP contribution in [0.2, 0.25) is 0 Å². The summed E-state index contributed by atoms with van der Waals surface area (Å²) in [6, 6.07) is 4.75. The molecule has 3 heterocycles. The number of fused-ring (bicyclic) bond motifs is 1. The van der Waals surface area contributed by atoms with E-state index in [1.54, 1.807) is 0 Å². The molecule has 0 spiro atoms. The van der Waals surface area contributed by atoms with Crippen molar-refractivity contribution >= 4 is 11.0 Å². The molecule has 3 aromatic heterocycles. The second-order valence-corrected chi connectivity index (χ2v) is 6.88. The van der Waals surface area contributed by atoms with Crippen LogP contribution in [0.25, 0.3) is 44.7 Å². The first-order chi connectivity index (χ1) is 15.8. The van der Waals surface area contributed by atoms with Crippen molar-refractivity contribution in [3.8, 4) is 33.6 Å². The molecule has 0 aliphatic carbocycles. The molecule has 0 fully saturated rings. The smallest absolute Gasteiger partial charge is 0.162 e. The number of halogens is 6. The van der Waals surface area contributed by atoms with E-state index >= 15 is 0 Å². The van der Waals surface area contributed by atoms with Crippen molar-refractivity contribution in [1.29, 1.82) is 0 Å². The van der Waals surface area contributed by atoms with Crippen molar-refractivity contribution in [3.05, 3.63) is 83.7 Å². The summed E-state index contributed by atoms with van der Waals surface area (Å²) in [5.41, 5.74) is -2.91. The summed E-state index contributed by atoms with van der Waals surface area (Å²) >= 11 is 0. The van der Waals surface area contributed by atoms with E-state index in [1.807, 2.05) is 0 Å². The van der Waals surface area contributed by atoms with E-state index in [4.69, 9.17) is 4.63 Å². The highest BCUT2D eigenvalue weighted by Crippen LogP contribution is 2.42. The fourth-order valence-corrected chi connectivity index (χ4v) is 3.51. The van der Waals surface area contributed by atoms with Crippen LogP contribution in [-0.2, 0) is 0 Å². The number of aromatic nitrogens is 4. The molecule has 0 bridgehead atoms. The highest BCUT2D eigenvalue weighted by molar-refractivity contribution is 6.04. The van der Waals surface area contributed by atoms with Crippen LogP contribution in [0, 0.1) is 34.9 Å². The van der Waals surface area contributed by atoms with Crippen LogP contribution >= 0.6 is 0 Å². The molecule has 164 valence electrons. The Balaban J connectivity index is 1.95. The zero-order valence-corrected chi connectivity index (χ0v) is 16.1. The van der Waals surface area contributed by atoms with Crippen molar-refractivity contribution in [1.82, 2.24) is 20.3 Å². The summed E-state index contributed by atoms with van der Waals surface area (Å²) in [5, 5.41) is 7.24. The summed E-state index contributed by atoms with van der Waals surface area (Å²) < 4.78 is 90.4. The van der Waals surface area contributed by atoms with Gasteiger partial charge in [0.1, 0.15) is 46.1 Å². The van der Waals surface area contributed by atoms with Crippen LogP contribution < -0.4 is 0 Å². The Labute approximate surface area is 180 Å². The number of benzene rings is 2. The van der Waals surface area contributed by atoms with Gasteiger partial charge in [-0.15, -0.1) is 0 Å². The number of hydrogen-bond acceptors (Lipinski definition) is 5. The third kappa shape index (κ3) is 3.37. The SMILES string of the molecule is Fc1cc(F)c(-c2nc(-c3cccnc3)c(-c3c(F)cc(F)cc3F)c3nonc23)c(F)c1. The summed E-state index contributed by atoms with van der Waals surface area (Å²) in [4.78, 5) is 8.14. The van der Waals surface area contributed by atoms with Gasteiger partial charge in [-0.3, -0.25) is 4.98 Å². The summed E-state index contributed by atoms with van der Waals surface area (Å²) in [6.07, 6.45) is 2.70. The Morgan fingerprint density at radius 3 is 1.79 bits per heavy atom. The molecule has 2 aromatic carbocycles. The number of pyridine rings is 2. The third-order valence-electron chi connectivity index (χ3n) is 4.85. The quantitative estimate of drug-likeness (QED) is 0.318. The van der Waals surface area contributed by atoms with Crippen molar-refractivity contribution in [2.75, 3.05) is 0 Å². The summed E-state index contributed by atoms with van der Waals surface area (Å²) in [5.74, 6) is -7.48. The Morgan fingerprint density at radius 2 is 1.21 bits per heavy atom. The Morgan fingerprint density at radius 1 is 0.636 bits per heavy atom. The first-order valence-electron chi connectivity index (χ1n) is 9.21. The van der Waals surface area contributed by atoms with Crippen LogP contribution in [0.15, 0.2) is 53.4 Å². The molecular formula is C22H8F6N4O. The number of hydrogen-bond donors (Lipinski definition) is 0. The van der Waals surface area contributed by atoms with Gasteiger partial charge in [0.15, 0.2) is 5.52 Å². The van der Waals surface area contributed by atoms with Crippen molar-refractivity contribution < 1.29 is 31.0 Å². The molecule has 0 saturated heterocycles. The van der Waals surface area contributed by atoms with E-state index in [2.05, 4.69) is 20.3 Å². The minimum atomic E-state index is -1.30. The van der Waals surface area contributed by atoms with Crippen LogP contribution in [-0.4, -0.2) is 20.3 Å². The molecule has 0 unspecified atom stereocenters. The molecule has 0 amide bonds. The van der Waals surface area contributed by atoms with Crippen LogP contribution in [0.1, 0.15) is 0 Å². The second-order valence-electron chi connectivity index (χ2n) is 6.88. The van der Waals surface area contributed by atoms with Crippen LogP contribution in [0.5, 0.6) is 0 Å². The summed E-state index contributed by atoms with van der Waals surface area (Å²) in [7, 11) is 0. The van der Waals surface area contributed by atoms with Gasteiger partial charge in [0, 0.05) is 47.8 Å². The molecule has 5 rings (SSSR count). The maximum absolute atomic E-state index is 14.8. The average molecular weight is 458 g/mol. The molecule has 0 radical (unpaired) electrons. The second kappa shape index (κ2) is 7.69. The Kier molecular flexibility index (Phi) is 4.81. The lowest BCUT2D eigenvalue weighted by molar-refractivity contribution is 0.315. The molecule has 5 aromatic rings. The molecule has 0 saturated carbocycles. The minimum absolute atomic E-state index is 0.185. The van der Waals surface area contributed by atoms with Gasteiger partial charge in [-0.2, -0.15) is 0 Å². The van der Waals surface area contributed by atoms with Gasteiger partial charge in [0.25, 0.3) is 0 Å². The normalized spacial score (nSPS) is 11.3. The molecule has 5 nitrogen and oxygen atoms in total. The number of nitrogens with zero attached hydrogens (tertiary/aromatic N) is 4. The zero-order chi connectivity index (χ0) is 23.3. The van der Waals surface area contributed by atoms with Gasteiger partial charge in [0.05, 0.1) is 16.8 Å². The van der Waals surface area contributed by atoms with Gasteiger partial charge in [-0.1, -0.05) is 0 Å². The standard InChI is InChI=1S/C22H8F6N4O/c23-10-4-12(25)16(13(26)5-10)18-19(9-2-1-3-29-8-9)30-20(22-21(18)31-33-32-22)17-14(27)6-11(24)7-15(17)28/h1-8H. The van der Waals surface area contributed by atoms with E-state index in [1.165, 1.54) is 24.5 Å². The van der Waals surface area contributed by atoms with E-state index < -0.39 is 51.7 Å². The van der Waals surface area contributed by atoms with Gasteiger partial charge in [-0.05, 0) is 22.4 Å². The van der Waals surface area contributed by atoms with Gasteiger partial charge in [0.2, 0.25) is 0 Å². The van der Waals surface area contributed by atoms with Crippen molar-refractivity contribution in [2.45, 2.75) is 0 Å². The lowest BCUT2D eigenvalue weighted by atomic mass is 9.95. The van der Waals surface area contributed by atoms with E-state index in [0.717, 1.165) is 0 Å². The topological polar surface area (TPSA) is 64.7 Å². The van der Waals surface area contributed by atoms with E-state index in [0.29, 0.717) is 24.3 Å². The molecule has 33 heavy (non-hydrogen) atoms. The monoisotopic (exact) mass is 458 g/mol. The van der Waals surface area contributed by atoms with Crippen LogP contribution in [0.4, 0.5) is 26.3 Å². The predicted molar refractivity (Wildman–Crippen MR) is 103 cm³/mol. The zero-order valence-electron chi connectivity index (χ0n) is 16.1.